The van der Waals surface area contributed by atoms with Gasteiger partial charge in [0.2, 0.25) is 0 Å². The Morgan fingerprint density at radius 2 is 1.88 bits per heavy atom. The molecule has 146 valence electrons. The van der Waals surface area contributed by atoms with Crippen LogP contribution >= 0.6 is 0 Å². The molecule has 0 bridgehead atoms. The fraction of sp³-hybridized carbons (Fsp3) is 0.667. The first kappa shape index (κ1) is 20.7. The normalized spacial score (nSPS) is 26.9. The predicted molar refractivity (Wildman–Crippen MR) is 106 cm³/mol. The van der Waals surface area contributed by atoms with Gasteiger partial charge in [-0.05, 0) is 59.4 Å². The summed E-state index contributed by atoms with van der Waals surface area (Å²) < 4.78 is 0. The molecule has 3 unspecified atom stereocenters. The summed E-state index contributed by atoms with van der Waals surface area (Å²) in [4.78, 5) is 18.5. The zero-order valence-corrected chi connectivity index (χ0v) is 17.1. The topological polar surface area (TPSA) is 53.6 Å². The van der Waals surface area contributed by atoms with Crippen LogP contribution in [0.2, 0.25) is 0 Å². The third kappa shape index (κ3) is 4.77. The number of urea groups is 1. The molecule has 2 N–H and O–H groups in total. The third-order valence-electron chi connectivity index (χ3n) is 5.44. The van der Waals surface area contributed by atoms with E-state index in [0.29, 0.717) is 6.54 Å². The Morgan fingerprint density at radius 3 is 2.46 bits per heavy atom. The summed E-state index contributed by atoms with van der Waals surface area (Å²) in [5.74, 6) is 0. The Bertz CT molecular complexity index is 590. The number of amides is 2. The van der Waals surface area contributed by atoms with Crippen molar-refractivity contribution in [3.63, 3.8) is 0 Å². The first-order valence-corrected chi connectivity index (χ1v) is 9.78. The summed E-state index contributed by atoms with van der Waals surface area (Å²) in [6, 6.07) is 10.4. The van der Waals surface area contributed by atoms with Crippen molar-refractivity contribution >= 4 is 6.03 Å². The quantitative estimate of drug-likeness (QED) is 0.789. The van der Waals surface area contributed by atoms with E-state index >= 15 is 0 Å². The maximum absolute atomic E-state index is 12.0. The standard InChI is InChI=1S/C21H35N3O2/c1-7-21(6)15-18(23-19(25)22-8-2)14-20(4,5)24(21)26-16(3)17-12-10-9-11-13-17/h9-13,16,18H,7-8,14-15H2,1-6H3,(H2,22,23,25). The van der Waals surface area contributed by atoms with Gasteiger partial charge in [0.05, 0.1) is 0 Å². The minimum atomic E-state index is -0.184. The highest BCUT2D eigenvalue weighted by Gasteiger charge is 2.49. The highest BCUT2D eigenvalue weighted by Crippen LogP contribution is 2.42. The smallest absolute Gasteiger partial charge is 0.314 e. The molecule has 0 saturated carbocycles. The van der Waals surface area contributed by atoms with Crippen molar-refractivity contribution < 1.29 is 9.63 Å². The minimum Gasteiger partial charge on any atom is -0.338 e. The van der Waals surface area contributed by atoms with E-state index in [-0.39, 0.29) is 29.3 Å². The van der Waals surface area contributed by atoms with Crippen LogP contribution in [0.5, 0.6) is 0 Å². The lowest BCUT2D eigenvalue weighted by Gasteiger charge is -2.55. The van der Waals surface area contributed by atoms with Gasteiger partial charge in [-0.15, -0.1) is 0 Å². The second-order valence-corrected chi connectivity index (χ2v) is 8.22. The molecule has 1 aliphatic heterocycles. The Labute approximate surface area is 158 Å². The fourth-order valence-electron chi connectivity index (χ4n) is 4.10. The van der Waals surface area contributed by atoms with E-state index in [0.717, 1.165) is 19.3 Å². The Hall–Kier alpha value is -1.59. The molecule has 1 aliphatic rings. The molecule has 1 heterocycles. The van der Waals surface area contributed by atoms with E-state index in [4.69, 9.17) is 4.84 Å². The summed E-state index contributed by atoms with van der Waals surface area (Å²) in [5.41, 5.74) is 0.842. The lowest BCUT2D eigenvalue weighted by Crippen LogP contribution is -2.65. The zero-order valence-electron chi connectivity index (χ0n) is 17.1. The number of piperidine rings is 1. The van der Waals surface area contributed by atoms with Crippen LogP contribution in [0.4, 0.5) is 4.79 Å². The number of rotatable bonds is 6. The van der Waals surface area contributed by atoms with E-state index < -0.39 is 0 Å². The maximum atomic E-state index is 12.0. The van der Waals surface area contributed by atoms with Gasteiger partial charge < -0.3 is 10.6 Å². The summed E-state index contributed by atoms with van der Waals surface area (Å²) in [6.45, 7) is 13.5. The number of nitrogens with one attached hydrogen (secondary N) is 2. The Kier molecular flexibility index (Phi) is 6.69. The van der Waals surface area contributed by atoms with Gasteiger partial charge in [-0.3, -0.25) is 4.84 Å². The van der Waals surface area contributed by atoms with Crippen LogP contribution in [0.25, 0.3) is 0 Å². The average Bonchev–Trinajstić information content (AvgIpc) is 2.58. The number of hydrogen-bond acceptors (Lipinski definition) is 3. The van der Waals surface area contributed by atoms with Crippen LogP contribution in [0, 0.1) is 0 Å². The number of nitrogens with zero attached hydrogens (tertiary/aromatic N) is 1. The highest BCUT2D eigenvalue weighted by atomic mass is 16.7. The van der Waals surface area contributed by atoms with Crippen molar-refractivity contribution in [2.75, 3.05) is 6.54 Å². The summed E-state index contributed by atoms with van der Waals surface area (Å²) in [7, 11) is 0. The predicted octanol–water partition coefficient (Wildman–Crippen LogP) is 4.41. The van der Waals surface area contributed by atoms with E-state index in [1.165, 1.54) is 5.56 Å². The zero-order chi connectivity index (χ0) is 19.4. The number of carbonyl (C=O) groups excluding carboxylic acids is 1. The second-order valence-electron chi connectivity index (χ2n) is 8.22. The minimum absolute atomic E-state index is 0.0192. The molecule has 2 rings (SSSR count). The molecule has 0 aliphatic carbocycles. The van der Waals surface area contributed by atoms with Crippen LogP contribution < -0.4 is 10.6 Å². The van der Waals surface area contributed by atoms with Crippen LogP contribution in [-0.2, 0) is 4.84 Å². The molecule has 5 nitrogen and oxygen atoms in total. The molecule has 3 atom stereocenters. The first-order valence-electron chi connectivity index (χ1n) is 9.78. The highest BCUT2D eigenvalue weighted by molar-refractivity contribution is 5.74. The van der Waals surface area contributed by atoms with Crippen molar-refractivity contribution in [3.8, 4) is 0 Å². The third-order valence-corrected chi connectivity index (χ3v) is 5.44. The molecule has 1 fully saturated rings. The van der Waals surface area contributed by atoms with Crippen LogP contribution in [-0.4, -0.2) is 34.8 Å². The van der Waals surface area contributed by atoms with Crippen LogP contribution in [0.3, 0.4) is 0 Å². The Balaban J connectivity index is 2.16. The summed E-state index contributed by atoms with van der Waals surface area (Å²) in [5, 5.41) is 8.16. The van der Waals surface area contributed by atoms with E-state index in [1.54, 1.807) is 0 Å². The van der Waals surface area contributed by atoms with Crippen molar-refractivity contribution in [1.82, 2.24) is 15.7 Å². The van der Waals surface area contributed by atoms with Crippen molar-refractivity contribution in [1.29, 1.82) is 0 Å². The largest absolute Gasteiger partial charge is 0.338 e. The van der Waals surface area contributed by atoms with Crippen molar-refractivity contribution in [2.45, 2.75) is 84.0 Å². The lowest BCUT2D eigenvalue weighted by molar-refractivity contribution is -0.311. The number of carbonyl (C=O) groups is 1. The van der Waals surface area contributed by atoms with Crippen LogP contribution in [0.1, 0.15) is 72.5 Å². The molecule has 5 heteroatoms. The van der Waals surface area contributed by atoms with Gasteiger partial charge in [0.1, 0.15) is 6.10 Å². The summed E-state index contributed by atoms with van der Waals surface area (Å²) >= 11 is 0. The van der Waals surface area contributed by atoms with Gasteiger partial charge in [-0.2, -0.15) is 5.06 Å². The monoisotopic (exact) mass is 361 g/mol. The molecule has 1 aromatic carbocycles. The van der Waals surface area contributed by atoms with Crippen molar-refractivity contribution in [2.24, 2.45) is 0 Å². The van der Waals surface area contributed by atoms with E-state index in [9.17, 15) is 4.79 Å². The lowest BCUT2D eigenvalue weighted by atomic mass is 9.76. The summed E-state index contributed by atoms with van der Waals surface area (Å²) in [6.07, 6.45) is 2.65. The maximum Gasteiger partial charge on any atom is 0.314 e. The molecule has 0 radical (unpaired) electrons. The second kappa shape index (κ2) is 8.40. The van der Waals surface area contributed by atoms with Gasteiger partial charge in [0, 0.05) is 23.7 Å². The van der Waals surface area contributed by atoms with Gasteiger partial charge in [0.15, 0.2) is 0 Å². The molecule has 1 aromatic rings. The Morgan fingerprint density at radius 1 is 1.23 bits per heavy atom. The molecule has 0 aromatic heterocycles. The van der Waals surface area contributed by atoms with Crippen molar-refractivity contribution in [3.05, 3.63) is 35.9 Å². The molecule has 2 amide bonds. The number of hydrogen-bond donors (Lipinski definition) is 2. The molecule has 1 saturated heterocycles. The molecular formula is C21H35N3O2. The van der Waals surface area contributed by atoms with E-state index in [1.807, 2.05) is 25.1 Å². The van der Waals surface area contributed by atoms with Crippen LogP contribution in [0.15, 0.2) is 30.3 Å². The molecule has 0 spiro atoms. The number of hydroxylamine groups is 2. The average molecular weight is 362 g/mol. The van der Waals surface area contributed by atoms with Gasteiger partial charge >= 0.3 is 6.03 Å². The first-order chi connectivity index (χ1) is 12.2. The number of benzene rings is 1. The van der Waals surface area contributed by atoms with Gasteiger partial charge in [-0.25, -0.2) is 4.79 Å². The molecular weight excluding hydrogens is 326 g/mol. The fourth-order valence-corrected chi connectivity index (χ4v) is 4.10. The SMILES string of the molecule is CCNC(=O)NC1CC(C)(C)N(OC(C)c2ccccc2)C(C)(CC)C1. The van der Waals surface area contributed by atoms with E-state index in [2.05, 4.69) is 62.4 Å². The van der Waals surface area contributed by atoms with Gasteiger partial charge in [0.25, 0.3) is 0 Å². The molecule has 26 heavy (non-hydrogen) atoms. The van der Waals surface area contributed by atoms with Gasteiger partial charge in [-0.1, -0.05) is 37.3 Å².